The Balaban J connectivity index is 1.36. The quantitative estimate of drug-likeness (QED) is 0.716. The van der Waals surface area contributed by atoms with Gasteiger partial charge < -0.3 is 20.3 Å². The third kappa shape index (κ3) is 3.30. The molecule has 7 nitrogen and oxygen atoms in total. The van der Waals surface area contributed by atoms with Crippen molar-refractivity contribution in [2.45, 2.75) is 18.9 Å². The SMILES string of the molecule is c1cc2nc(Nc3ccc(N4CCOCC4)cn3)nc(NC3CC3)c2s1. The predicted molar refractivity (Wildman–Crippen MR) is 105 cm³/mol. The van der Waals surface area contributed by atoms with Gasteiger partial charge in [-0.1, -0.05) is 0 Å². The Bertz CT molecular complexity index is 902. The Hall–Kier alpha value is -2.45. The van der Waals surface area contributed by atoms with E-state index in [-0.39, 0.29) is 0 Å². The van der Waals surface area contributed by atoms with Gasteiger partial charge in [0, 0.05) is 19.1 Å². The zero-order valence-electron chi connectivity index (χ0n) is 14.3. The highest BCUT2D eigenvalue weighted by atomic mass is 32.1. The molecular weight excluding hydrogens is 348 g/mol. The van der Waals surface area contributed by atoms with E-state index in [0.29, 0.717) is 12.0 Å². The van der Waals surface area contributed by atoms with E-state index in [1.54, 1.807) is 11.3 Å². The minimum atomic E-state index is 0.550. The summed E-state index contributed by atoms with van der Waals surface area (Å²) in [6.45, 7) is 3.35. The maximum absolute atomic E-state index is 5.40. The fraction of sp³-hybridized carbons (Fsp3) is 0.389. The molecular formula is C18H20N6OS. The number of thiophene rings is 1. The van der Waals surface area contributed by atoms with Gasteiger partial charge in [-0.3, -0.25) is 0 Å². The highest BCUT2D eigenvalue weighted by molar-refractivity contribution is 7.17. The summed E-state index contributed by atoms with van der Waals surface area (Å²) < 4.78 is 6.51. The number of ether oxygens (including phenoxy) is 1. The fourth-order valence-electron chi connectivity index (χ4n) is 3.02. The molecule has 1 aliphatic heterocycles. The molecule has 0 spiro atoms. The molecule has 1 saturated carbocycles. The first-order valence-electron chi connectivity index (χ1n) is 8.93. The summed E-state index contributed by atoms with van der Waals surface area (Å²) in [5, 5.41) is 8.79. The molecule has 1 aliphatic carbocycles. The third-order valence-corrected chi connectivity index (χ3v) is 5.50. The van der Waals surface area contributed by atoms with E-state index in [0.717, 1.165) is 53.8 Å². The van der Waals surface area contributed by atoms with Crippen LogP contribution in [0.2, 0.25) is 0 Å². The van der Waals surface area contributed by atoms with E-state index in [4.69, 9.17) is 4.74 Å². The van der Waals surface area contributed by atoms with Crippen molar-refractivity contribution in [3.8, 4) is 0 Å². The van der Waals surface area contributed by atoms with Gasteiger partial charge in [0.15, 0.2) is 0 Å². The van der Waals surface area contributed by atoms with Crippen molar-refractivity contribution >= 4 is 44.8 Å². The zero-order valence-corrected chi connectivity index (χ0v) is 15.1. The maximum atomic E-state index is 5.40. The number of pyridine rings is 1. The van der Waals surface area contributed by atoms with Crippen LogP contribution in [-0.4, -0.2) is 47.3 Å². The molecule has 0 atom stereocenters. The largest absolute Gasteiger partial charge is 0.378 e. The van der Waals surface area contributed by atoms with E-state index in [1.807, 2.05) is 18.3 Å². The van der Waals surface area contributed by atoms with Crippen LogP contribution in [0.15, 0.2) is 29.8 Å². The second kappa shape index (κ2) is 6.69. The molecule has 0 bridgehead atoms. The number of anilines is 4. The molecule has 2 fully saturated rings. The van der Waals surface area contributed by atoms with Crippen molar-refractivity contribution in [1.29, 1.82) is 0 Å². The van der Waals surface area contributed by atoms with Gasteiger partial charge in [-0.25, -0.2) is 9.97 Å². The average molecular weight is 368 g/mol. The van der Waals surface area contributed by atoms with Crippen LogP contribution in [0.25, 0.3) is 10.2 Å². The number of nitrogens with zero attached hydrogens (tertiary/aromatic N) is 4. The van der Waals surface area contributed by atoms with Crippen LogP contribution >= 0.6 is 11.3 Å². The summed E-state index contributed by atoms with van der Waals surface area (Å²) in [5.41, 5.74) is 2.07. The van der Waals surface area contributed by atoms with Gasteiger partial charge in [0.05, 0.1) is 35.3 Å². The smallest absolute Gasteiger partial charge is 0.230 e. The minimum Gasteiger partial charge on any atom is -0.378 e. The number of morpholine rings is 1. The Labute approximate surface area is 155 Å². The molecule has 26 heavy (non-hydrogen) atoms. The van der Waals surface area contributed by atoms with E-state index >= 15 is 0 Å². The molecule has 4 heterocycles. The summed E-state index contributed by atoms with van der Waals surface area (Å²) >= 11 is 1.67. The molecule has 0 amide bonds. The van der Waals surface area contributed by atoms with Crippen molar-refractivity contribution in [3.05, 3.63) is 29.8 Å². The fourth-order valence-corrected chi connectivity index (χ4v) is 3.81. The summed E-state index contributed by atoms with van der Waals surface area (Å²) in [4.78, 5) is 16.1. The van der Waals surface area contributed by atoms with Gasteiger partial charge in [-0.15, -0.1) is 11.3 Å². The third-order valence-electron chi connectivity index (χ3n) is 4.59. The van der Waals surface area contributed by atoms with Crippen LogP contribution in [0.1, 0.15) is 12.8 Å². The first-order valence-corrected chi connectivity index (χ1v) is 9.81. The van der Waals surface area contributed by atoms with E-state index in [2.05, 4.69) is 41.9 Å². The molecule has 0 aromatic carbocycles. The summed E-state index contributed by atoms with van der Waals surface area (Å²) in [6.07, 6.45) is 4.31. The van der Waals surface area contributed by atoms with Gasteiger partial charge in [0.2, 0.25) is 5.95 Å². The zero-order chi connectivity index (χ0) is 17.3. The number of fused-ring (bicyclic) bond motifs is 1. The van der Waals surface area contributed by atoms with Gasteiger partial charge in [0.1, 0.15) is 11.6 Å². The maximum Gasteiger partial charge on any atom is 0.230 e. The van der Waals surface area contributed by atoms with Crippen molar-refractivity contribution in [3.63, 3.8) is 0 Å². The van der Waals surface area contributed by atoms with E-state index in [1.165, 1.54) is 12.8 Å². The Morgan fingerprint density at radius 2 is 2.00 bits per heavy atom. The minimum absolute atomic E-state index is 0.550. The topological polar surface area (TPSA) is 75.2 Å². The predicted octanol–water partition coefficient (Wildman–Crippen LogP) is 3.24. The molecule has 0 unspecified atom stereocenters. The van der Waals surface area contributed by atoms with Crippen LogP contribution in [0, 0.1) is 0 Å². The molecule has 8 heteroatoms. The molecule has 2 N–H and O–H groups in total. The van der Waals surface area contributed by atoms with Crippen LogP contribution in [0.4, 0.5) is 23.3 Å². The van der Waals surface area contributed by atoms with Gasteiger partial charge in [0.25, 0.3) is 0 Å². The molecule has 2 aliphatic rings. The molecule has 3 aromatic rings. The van der Waals surface area contributed by atoms with Crippen molar-refractivity contribution in [2.75, 3.05) is 41.8 Å². The summed E-state index contributed by atoms with van der Waals surface area (Å²) in [6, 6.07) is 6.63. The summed E-state index contributed by atoms with van der Waals surface area (Å²) in [5.74, 6) is 2.24. The Kier molecular flexibility index (Phi) is 4.06. The highest BCUT2D eigenvalue weighted by Crippen LogP contribution is 2.32. The number of rotatable bonds is 5. The Morgan fingerprint density at radius 1 is 1.12 bits per heavy atom. The van der Waals surface area contributed by atoms with Crippen molar-refractivity contribution in [2.24, 2.45) is 0 Å². The van der Waals surface area contributed by atoms with Gasteiger partial charge in [-0.05, 0) is 36.4 Å². The second-order valence-corrected chi connectivity index (χ2v) is 7.49. The number of hydrogen-bond acceptors (Lipinski definition) is 8. The number of aromatic nitrogens is 3. The van der Waals surface area contributed by atoms with Crippen LogP contribution in [0.3, 0.4) is 0 Å². The molecule has 5 rings (SSSR count). The van der Waals surface area contributed by atoms with Gasteiger partial charge >= 0.3 is 0 Å². The number of hydrogen-bond donors (Lipinski definition) is 2. The first kappa shape index (κ1) is 15.8. The lowest BCUT2D eigenvalue weighted by molar-refractivity contribution is 0.122. The normalized spacial score (nSPS) is 17.5. The second-order valence-electron chi connectivity index (χ2n) is 6.58. The van der Waals surface area contributed by atoms with Gasteiger partial charge in [-0.2, -0.15) is 4.98 Å². The molecule has 1 saturated heterocycles. The van der Waals surface area contributed by atoms with Crippen molar-refractivity contribution < 1.29 is 4.74 Å². The lowest BCUT2D eigenvalue weighted by Crippen LogP contribution is -2.36. The van der Waals surface area contributed by atoms with E-state index in [9.17, 15) is 0 Å². The molecule has 3 aromatic heterocycles. The van der Waals surface area contributed by atoms with Crippen LogP contribution in [-0.2, 0) is 4.74 Å². The van der Waals surface area contributed by atoms with Crippen molar-refractivity contribution in [1.82, 2.24) is 15.0 Å². The van der Waals surface area contributed by atoms with E-state index < -0.39 is 0 Å². The molecule has 0 radical (unpaired) electrons. The Morgan fingerprint density at radius 3 is 2.77 bits per heavy atom. The summed E-state index contributed by atoms with van der Waals surface area (Å²) in [7, 11) is 0. The average Bonchev–Trinajstić information content (AvgIpc) is 3.37. The monoisotopic (exact) mass is 368 g/mol. The lowest BCUT2D eigenvalue weighted by atomic mass is 10.3. The molecule has 134 valence electrons. The van der Waals surface area contributed by atoms with Crippen LogP contribution < -0.4 is 15.5 Å². The standard InChI is InChI=1S/C18H20N6OS/c1-2-12(1)20-17-16-14(5-10-26-16)21-18(23-17)22-15-4-3-13(11-19-15)24-6-8-25-9-7-24/h3-5,10-12H,1-2,6-9H2,(H2,19,20,21,22,23). The lowest BCUT2D eigenvalue weighted by Gasteiger charge is -2.28. The first-order chi connectivity index (χ1) is 12.8. The number of nitrogens with one attached hydrogen (secondary N) is 2. The highest BCUT2D eigenvalue weighted by Gasteiger charge is 2.23. The van der Waals surface area contributed by atoms with Crippen LogP contribution in [0.5, 0.6) is 0 Å².